The summed E-state index contributed by atoms with van der Waals surface area (Å²) < 4.78 is 17.4. The fourth-order valence-corrected chi connectivity index (χ4v) is 2.50. The highest BCUT2D eigenvalue weighted by Gasteiger charge is 2.29. The van der Waals surface area contributed by atoms with Crippen LogP contribution in [0.1, 0.15) is 24.5 Å². The Morgan fingerprint density at radius 2 is 2.19 bits per heavy atom. The van der Waals surface area contributed by atoms with Crippen molar-refractivity contribution in [2.24, 2.45) is 0 Å². The van der Waals surface area contributed by atoms with Crippen LogP contribution >= 0.6 is 7.60 Å². The third-order valence-corrected chi connectivity index (χ3v) is 3.73. The van der Waals surface area contributed by atoms with Gasteiger partial charge >= 0.3 is 7.60 Å². The summed E-state index contributed by atoms with van der Waals surface area (Å²) in [6.45, 7) is 0.538. The molecule has 0 bridgehead atoms. The van der Waals surface area contributed by atoms with Gasteiger partial charge in [-0.15, -0.1) is 0 Å². The maximum atomic E-state index is 10.7. The van der Waals surface area contributed by atoms with Crippen molar-refractivity contribution in [3.63, 3.8) is 0 Å². The Hall–Kier alpha value is -1.54. The van der Waals surface area contributed by atoms with Gasteiger partial charge in [0.1, 0.15) is 11.9 Å². The maximum absolute atomic E-state index is 10.7. The zero-order valence-corrected chi connectivity index (χ0v) is 12.1. The molecule has 0 saturated heterocycles. The van der Waals surface area contributed by atoms with Crippen LogP contribution in [0.2, 0.25) is 0 Å². The van der Waals surface area contributed by atoms with E-state index >= 15 is 0 Å². The molecule has 0 atom stereocenters. The van der Waals surface area contributed by atoms with E-state index in [-0.39, 0.29) is 12.6 Å². The first kappa shape index (κ1) is 14.4. The van der Waals surface area contributed by atoms with Crippen molar-refractivity contribution in [1.29, 1.82) is 0 Å². The molecule has 9 nitrogen and oxygen atoms in total. The zero-order valence-electron chi connectivity index (χ0n) is 11.2. The van der Waals surface area contributed by atoms with E-state index in [1.165, 1.54) is 0 Å². The van der Waals surface area contributed by atoms with Gasteiger partial charge in [0, 0.05) is 12.5 Å². The molecule has 1 fully saturated rings. The predicted octanol–water partition coefficient (Wildman–Crippen LogP) is 0.438. The molecule has 21 heavy (non-hydrogen) atoms. The second-order valence-corrected chi connectivity index (χ2v) is 6.64. The van der Waals surface area contributed by atoms with E-state index in [0.717, 1.165) is 24.1 Å². The summed E-state index contributed by atoms with van der Waals surface area (Å²) in [5.74, 6) is 0.620. The highest BCUT2D eigenvalue weighted by Crippen LogP contribution is 2.41. The standard InChI is InChI=1S/C11H16N5O4P/c12-11-14-8(7-1-2-7)9-10(15-11)16(5-13-9)3-4-20-6-21(17,18)19/h5,7H,1-4,6H2,(H2,12,14,15)(H2,17,18,19). The summed E-state index contributed by atoms with van der Waals surface area (Å²) in [6.07, 6.45) is 3.20. The first-order valence-electron chi connectivity index (χ1n) is 6.54. The molecular weight excluding hydrogens is 297 g/mol. The molecule has 1 aliphatic rings. The lowest BCUT2D eigenvalue weighted by atomic mass is 10.2. The summed E-state index contributed by atoms with van der Waals surface area (Å²) in [5, 5.41) is 0. The van der Waals surface area contributed by atoms with Crippen LogP contribution in [0.3, 0.4) is 0 Å². The molecule has 0 amide bonds. The molecule has 2 aromatic rings. The number of hydrogen-bond acceptors (Lipinski definition) is 6. The average molecular weight is 313 g/mol. The minimum absolute atomic E-state index is 0.152. The monoisotopic (exact) mass is 313 g/mol. The zero-order chi connectivity index (χ0) is 15.0. The van der Waals surface area contributed by atoms with Crippen molar-refractivity contribution >= 4 is 24.7 Å². The van der Waals surface area contributed by atoms with Gasteiger partial charge in [-0.3, -0.25) is 4.57 Å². The summed E-state index contributed by atoms with van der Waals surface area (Å²) in [6, 6.07) is 0. The third kappa shape index (κ3) is 3.38. The Morgan fingerprint density at radius 3 is 2.86 bits per heavy atom. The molecule has 1 saturated carbocycles. The SMILES string of the molecule is Nc1nc(C2CC2)c2ncn(CCOCP(=O)(O)O)c2n1. The second kappa shape index (κ2) is 5.34. The van der Waals surface area contributed by atoms with E-state index in [1.807, 2.05) is 0 Å². The summed E-state index contributed by atoms with van der Waals surface area (Å²) in [4.78, 5) is 30.2. The van der Waals surface area contributed by atoms with Gasteiger partial charge in [0.05, 0.1) is 18.6 Å². The van der Waals surface area contributed by atoms with Crippen molar-refractivity contribution in [1.82, 2.24) is 19.5 Å². The first-order valence-corrected chi connectivity index (χ1v) is 8.34. The molecule has 2 heterocycles. The number of nitrogens with two attached hydrogens (primary N) is 1. The van der Waals surface area contributed by atoms with Crippen molar-refractivity contribution in [2.75, 3.05) is 18.7 Å². The fraction of sp³-hybridized carbons (Fsp3) is 0.545. The van der Waals surface area contributed by atoms with Crippen LogP contribution in [0.25, 0.3) is 11.2 Å². The van der Waals surface area contributed by atoms with Gasteiger partial charge in [-0.25, -0.2) is 9.97 Å². The molecular formula is C11H16N5O4P. The molecule has 114 valence electrons. The van der Waals surface area contributed by atoms with Gasteiger partial charge < -0.3 is 24.8 Å². The molecule has 2 aromatic heterocycles. The van der Waals surface area contributed by atoms with E-state index < -0.39 is 13.9 Å². The van der Waals surface area contributed by atoms with Gasteiger partial charge in [0.25, 0.3) is 0 Å². The number of hydrogen-bond donors (Lipinski definition) is 3. The van der Waals surface area contributed by atoms with Gasteiger partial charge in [0.2, 0.25) is 5.95 Å². The van der Waals surface area contributed by atoms with Crippen molar-refractivity contribution in [2.45, 2.75) is 25.3 Å². The van der Waals surface area contributed by atoms with E-state index in [0.29, 0.717) is 18.1 Å². The second-order valence-electron chi connectivity index (χ2n) is 5.05. The van der Waals surface area contributed by atoms with E-state index in [9.17, 15) is 4.57 Å². The fourth-order valence-electron chi connectivity index (χ4n) is 2.14. The van der Waals surface area contributed by atoms with Crippen molar-refractivity contribution < 1.29 is 19.1 Å². The van der Waals surface area contributed by atoms with Gasteiger partial charge in [-0.05, 0) is 12.8 Å². The lowest BCUT2D eigenvalue weighted by Gasteiger charge is -2.07. The number of nitrogen functional groups attached to an aromatic ring is 1. The number of aromatic nitrogens is 4. The minimum Gasteiger partial charge on any atom is -0.368 e. The van der Waals surface area contributed by atoms with Crippen LogP contribution in [0.5, 0.6) is 0 Å². The topological polar surface area (TPSA) is 136 Å². The molecule has 0 aliphatic heterocycles. The average Bonchev–Trinajstić information content (AvgIpc) is 3.15. The van der Waals surface area contributed by atoms with Crippen LogP contribution in [0.15, 0.2) is 6.33 Å². The van der Waals surface area contributed by atoms with Crippen LogP contribution < -0.4 is 5.73 Å². The highest BCUT2D eigenvalue weighted by molar-refractivity contribution is 7.51. The number of rotatable bonds is 6. The molecule has 4 N–H and O–H groups in total. The minimum atomic E-state index is -4.13. The third-order valence-electron chi connectivity index (χ3n) is 3.21. The maximum Gasteiger partial charge on any atom is 0.350 e. The van der Waals surface area contributed by atoms with Crippen LogP contribution in [-0.4, -0.2) is 42.3 Å². The van der Waals surface area contributed by atoms with E-state index in [1.54, 1.807) is 10.9 Å². The summed E-state index contributed by atoms with van der Waals surface area (Å²) in [5.41, 5.74) is 7.98. The van der Waals surface area contributed by atoms with E-state index in [4.69, 9.17) is 20.3 Å². The Labute approximate surface area is 120 Å². The van der Waals surface area contributed by atoms with Crippen LogP contribution in [0, 0.1) is 0 Å². The van der Waals surface area contributed by atoms with Gasteiger partial charge in [0.15, 0.2) is 5.65 Å². The Kier molecular flexibility index (Phi) is 3.66. The lowest BCUT2D eigenvalue weighted by molar-refractivity contribution is 0.149. The number of nitrogens with zero attached hydrogens (tertiary/aromatic N) is 4. The summed E-state index contributed by atoms with van der Waals surface area (Å²) in [7, 11) is -4.13. The Bertz CT molecular complexity index is 708. The molecule has 0 unspecified atom stereocenters. The molecule has 10 heteroatoms. The highest BCUT2D eigenvalue weighted by atomic mass is 31.2. The molecule has 0 radical (unpaired) electrons. The van der Waals surface area contributed by atoms with Gasteiger partial charge in [-0.1, -0.05) is 0 Å². The largest absolute Gasteiger partial charge is 0.368 e. The van der Waals surface area contributed by atoms with Gasteiger partial charge in [-0.2, -0.15) is 4.98 Å². The Balaban J connectivity index is 1.75. The smallest absolute Gasteiger partial charge is 0.350 e. The van der Waals surface area contributed by atoms with E-state index in [2.05, 4.69) is 15.0 Å². The van der Waals surface area contributed by atoms with Crippen LogP contribution in [0.4, 0.5) is 5.95 Å². The lowest BCUT2D eigenvalue weighted by Crippen LogP contribution is -2.08. The first-order chi connectivity index (χ1) is 9.94. The van der Waals surface area contributed by atoms with Crippen molar-refractivity contribution in [3.05, 3.63) is 12.0 Å². The number of anilines is 1. The number of ether oxygens (including phenoxy) is 1. The summed E-state index contributed by atoms with van der Waals surface area (Å²) >= 11 is 0. The van der Waals surface area contributed by atoms with Crippen LogP contribution in [-0.2, 0) is 15.8 Å². The quantitative estimate of drug-likeness (QED) is 0.516. The van der Waals surface area contributed by atoms with Crippen molar-refractivity contribution in [3.8, 4) is 0 Å². The number of imidazole rings is 1. The molecule has 0 aromatic carbocycles. The molecule has 3 rings (SSSR count). The number of fused-ring (bicyclic) bond motifs is 1. The normalized spacial score (nSPS) is 15.7. The molecule has 1 aliphatic carbocycles. The Morgan fingerprint density at radius 1 is 1.43 bits per heavy atom. The molecule has 0 spiro atoms. The predicted molar refractivity (Wildman–Crippen MR) is 74.6 cm³/mol.